The lowest BCUT2D eigenvalue weighted by molar-refractivity contribution is -0.119. The summed E-state index contributed by atoms with van der Waals surface area (Å²) in [7, 11) is 5.29. The predicted molar refractivity (Wildman–Crippen MR) is 118 cm³/mol. The molecule has 0 bridgehead atoms. The summed E-state index contributed by atoms with van der Waals surface area (Å²) in [5.74, 6) is 0.594. The number of amides is 1. The number of likely N-dealkylation sites (N-methyl/N-ethyl adjacent to an activating group) is 1. The van der Waals surface area contributed by atoms with Crippen LogP contribution in [0.4, 0.5) is 10.2 Å². The topological polar surface area (TPSA) is 68.1 Å². The number of fused-ring (bicyclic) bond motifs is 1. The average Bonchev–Trinajstić information content (AvgIpc) is 3.56. The number of aliphatic imine (C=N–C) groups is 1. The number of methoxy groups -OCH3 is 2. The van der Waals surface area contributed by atoms with Crippen molar-refractivity contribution in [3.63, 3.8) is 0 Å². The van der Waals surface area contributed by atoms with Crippen LogP contribution in [0.1, 0.15) is 43.2 Å². The Morgan fingerprint density at radius 3 is 2.67 bits per heavy atom. The fourth-order valence-electron chi connectivity index (χ4n) is 3.24. The summed E-state index contributed by atoms with van der Waals surface area (Å²) in [5.41, 5.74) is 1.77. The van der Waals surface area contributed by atoms with Gasteiger partial charge in [-0.25, -0.2) is 9.38 Å². The summed E-state index contributed by atoms with van der Waals surface area (Å²) in [6, 6.07) is 0.339. The molecule has 168 valence electrons. The number of nitrogens with zero attached hydrogens (tertiary/aromatic N) is 3. The Hall–Kier alpha value is -2.03. The molecule has 1 N–H and O–H groups in total. The number of hydrogen-bond acceptors (Lipinski definition) is 5. The van der Waals surface area contributed by atoms with E-state index in [1.54, 1.807) is 26.5 Å². The van der Waals surface area contributed by atoms with Crippen molar-refractivity contribution in [3.05, 3.63) is 23.2 Å². The van der Waals surface area contributed by atoms with Gasteiger partial charge in [-0.1, -0.05) is 0 Å². The largest absolute Gasteiger partial charge is 0.385 e. The summed E-state index contributed by atoms with van der Waals surface area (Å²) < 4.78 is 25.8. The Labute approximate surface area is 178 Å². The maximum absolute atomic E-state index is 13.9. The van der Waals surface area contributed by atoms with Crippen molar-refractivity contribution in [2.24, 2.45) is 4.99 Å². The van der Waals surface area contributed by atoms with Gasteiger partial charge >= 0.3 is 0 Å². The minimum absolute atomic E-state index is 0.194. The number of hydrogen-bond donors (Lipinski definition) is 1. The third kappa shape index (κ3) is 7.66. The quantitative estimate of drug-likeness (QED) is 0.415. The van der Waals surface area contributed by atoms with Crippen LogP contribution >= 0.6 is 0 Å². The number of aromatic nitrogens is 1. The highest BCUT2D eigenvalue weighted by Gasteiger charge is 2.29. The van der Waals surface area contributed by atoms with Gasteiger partial charge in [-0.05, 0) is 44.4 Å². The second-order valence-corrected chi connectivity index (χ2v) is 7.50. The normalized spacial score (nSPS) is 15.0. The molecule has 1 aromatic rings. The lowest BCUT2D eigenvalue weighted by Gasteiger charge is -2.16. The molecule has 8 heteroatoms. The molecule has 1 aliphatic carbocycles. The monoisotopic (exact) mass is 422 g/mol. The molecule has 0 spiro atoms. The Balaban J connectivity index is 0.000000469. The second kappa shape index (κ2) is 13.3. The molecule has 0 atom stereocenters. The van der Waals surface area contributed by atoms with Gasteiger partial charge in [0.25, 0.3) is 0 Å². The highest BCUT2D eigenvalue weighted by atomic mass is 19.1. The SMILES string of the molecule is CNCCOC.COCCCCn1cc(CN(C=O)C2CC2)c2c1N=CCC(F)=C2. The molecule has 1 aromatic heterocycles. The van der Waals surface area contributed by atoms with E-state index in [4.69, 9.17) is 9.47 Å². The van der Waals surface area contributed by atoms with Crippen molar-refractivity contribution in [1.82, 2.24) is 14.8 Å². The third-order valence-electron chi connectivity index (χ3n) is 5.03. The van der Waals surface area contributed by atoms with Crippen LogP contribution in [0.5, 0.6) is 0 Å². The zero-order valence-electron chi connectivity index (χ0n) is 18.4. The van der Waals surface area contributed by atoms with Gasteiger partial charge in [-0.3, -0.25) is 4.79 Å². The lowest BCUT2D eigenvalue weighted by Crippen LogP contribution is -2.23. The van der Waals surface area contributed by atoms with Crippen LogP contribution in [0.3, 0.4) is 0 Å². The molecule has 0 unspecified atom stereocenters. The first-order valence-corrected chi connectivity index (χ1v) is 10.6. The zero-order chi connectivity index (χ0) is 21.8. The van der Waals surface area contributed by atoms with Crippen LogP contribution in [0, 0.1) is 0 Å². The molecule has 30 heavy (non-hydrogen) atoms. The van der Waals surface area contributed by atoms with Crippen molar-refractivity contribution < 1.29 is 18.7 Å². The summed E-state index contributed by atoms with van der Waals surface area (Å²) in [5, 5.41) is 2.94. The fourth-order valence-corrected chi connectivity index (χ4v) is 3.24. The van der Waals surface area contributed by atoms with Crippen LogP contribution in [-0.2, 0) is 27.4 Å². The minimum atomic E-state index is -0.194. The fraction of sp³-hybridized carbons (Fsp3) is 0.636. The van der Waals surface area contributed by atoms with E-state index in [2.05, 4.69) is 14.9 Å². The van der Waals surface area contributed by atoms with Crippen molar-refractivity contribution in [2.45, 2.75) is 51.2 Å². The van der Waals surface area contributed by atoms with Gasteiger partial charge in [0.2, 0.25) is 6.41 Å². The molecule has 1 fully saturated rings. The highest BCUT2D eigenvalue weighted by molar-refractivity contribution is 5.77. The summed E-state index contributed by atoms with van der Waals surface area (Å²) in [6.07, 6.45) is 10.4. The molecule has 2 aliphatic rings. The molecule has 0 aromatic carbocycles. The van der Waals surface area contributed by atoms with Gasteiger partial charge in [0.15, 0.2) is 0 Å². The Bertz CT molecular complexity index is 709. The lowest BCUT2D eigenvalue weighted by atomic mass is 10.1. The second-order valence-electron chi connectivity index (χ2n) is 7.50. The van der Waals surface area contributed by atoms with E-state index in [-0.39, 0.29) is 12.2 Å². The first-order chi connectivity index (χ1) is 14.6. The number of halogens is 1. The highest BCUT2D eigenvalue weighted by Crippen LogP contribution is 2.34. The first kappa shape index (κ1) is 24.2. The first-order valence-electron chi connectivity index (χ1n) is 10.6. The summed E-state index contributed by atoms with van der Waals surface area (Å²) >= 11 is 0. The van der Waals surface area contributed by atoms with E-state index in [1.807, 2.05) is 18.1 Å². The number of unbranched alkanes of at least 4 members (excludes halogenated alkanes) is 1. The van der Waals surface area contributed by atoms with Crippen LogP contribution < -0.4 is 5.32 Å². The van der Waals surface area contributed by atoms with Crippen LogP contribution in [0.15, 0.2) is 17.0 Å². The third-order valence-corrected chi connectivity index (χ3v) is 5.03. The van der Waals surface area contributed by atoms with Crippen LogP contribution in [-0.4, -0.2) is 69.2 Å². The van der Waals surface area contributed by atoms with E-state index in [9.17, 15) is 9.18 Å². The standard InChI is InChI=1S/C18H24FN3O2.C4H11NO/c1-24-9-3-2-8-21-11-14(12-22(13-23)16-4-5-16)17-10-15(19)6-7-20-18(17)21;1-5-3-4-6-2/h7,10-11,13,16H,2-6,8-9,12H2,1H3;5H,3-4H2,1-2H3. The van der Waals surface area contributed by atoms with E-state index in [0.29, 0.717) is 12.6 Å². The minimum Gasteiger partial charge on any atom is -0.385 e. The molecular weight excluding hydrogens is 387 g/mol. The van der Waals surface area contributed by atoms with Crippen LogP contribution in [0.25, 0.3) is 6.08 Å². The Morgan fingerprint density at radius 2 is 2.07 bits per heavy atom. The number of carbonyl (C=O) groups excluding carboxylic acids is 1. The van der Waals surface area contributed by atoms with Gasteiger partial charge in [-0.15, -0.1) is 0 Å². The van der Waals surface area contributed by atoms with Gasteiger partial charge in [0, 0.05) is 70.9 Å². The maximum Gasteiger partial charge on any atom is 0.210 e. The molecule has 1 aliphatic heterocycles. The molecule has 3 rings (SSSR count). The van der Waals surface area contributed by atoms with Crippen molar-refractivity contribution in [1.29, 1.82) is 0 Å². The number of allylic oxidation sites excluding steroid dienone is 1. The van der Waals surface area contributed by atoms with Gasteiger partial charge in [0.1, 0.15) is 11.6 Å². The number of carbonyl (C=O) groups is 1. The molecule has 2 heterocycles. The van der Waals surface area contributed by atoms with Gasteiger partial charge in [0.05, 0.1) is 6.61 Å². The smallest absolute Gasteiger partial charge is 0.210 e. The average molecular weight is 423 g/mol. The van der Waals surface area contributed by atoms with Crippen molar-refractivity contribution in [2.75, 3.05) is 41.0 Å². The number of nitrogens with one attached hydrogen (secondary N) is 1. The molecule has 1 saturated carbocycles. The predicted octanol–water partition coefficient (Wildman–Crippen LogP) is 3.30. The molecule has 0 saturated heterocycles. The van der Waals surface area contributed by atoms with E-state index in [1.165, 1.54) is 0 Å². The van der Waals surface area contributed by atoms with Gasteiger partial charge in [-0.2, -0.15) is 0 Å². The maximum atomic E-state index is 13.9. The summed E-state index contributed by atoms with van der Waals surface area (Å²) in [6.45, 7) is 3.80. The van der Waals surface area contributed by atoms with Gasteiger partial charge < -0.3 is 24.3 Å². The Kier molecular flexibility index (Phi) is 10.8. The van der Waals surface area contributed by atoms with E-state index < -0.39 is 0 Å². The van der Waals surface area contributed by atoms with Crippen molar-refractivity contribution in [3.8, 4) is 0 Å². The number of ether oxygens (including phenoxy) is 2. The molecular formula is C22H35FN4O3. The molecule has 7 nitrogen and oxygen atoms in total. The molecule has 0 radical (unpaired) electrons. The van der Waals surface area contributed by atoms with E-state index >= 15 is 0 Å². The Morgan fingerprint density at radius 1 is 1.30 bits per heavy atom. The molecule has 1 amide bonds. The number of rotatable bonds is 12. The summed E-state index contributed by atoms with van der Waals surface area (Å²) in [4.78, 5) is 17.6. The van der Waals surface area contributed by atoms with E-state index in [0.717, 1.165) is 75.3 Å². The van der Waals surface area contributed by atoms with Crippen LogP contribution in [0.2, 0.25) is 0 Å². The zero-order valence-corrected chi connectivity index (χ0v) is 18.4. The van der Waals surface area contributed by atoms with Crippen molar-refractivity contribution >= 4 is 24.5 Å². The number of aryl methyl sites for hydroxylation is 1.